The summed E-state index contributed by atoms with van der Waals surface area (Å²) in [5.74, 6) is -6.59. The summed E-state index contributed by atoms with van der Waals surface area (Å²) in [5, 5.41) is 0. The molecule has 10 aromatic rings. The van der Waals surface area contributed by atoms with Crippen molar-refractivity contribution in [2.45, 2.75) is 68.3 Å². The number of aromatic nitrogens is 1. The molecule has 0 unspecified atom stereocenters. The van der Waals surface area contributed by atoms with Gasteiger partial charge >= 0.3 is 41.8 Å². The summed E-state index contributed by atoms with van der Waals surface area (Å²) in [5.41, 5.74) is 2.53. The highest BCUT2D eigenvalue weighted by molar-refractivity contribution is 7.67. The van der Waals surface area contributed by atoms with E-state index in [1.807, 2.05) is 61.5 Å². The van der Waals surface area contributed by atoms with E-state index in [1.54, 1.807) is 132 Å². The van der Waals surface area contributed by atoms with Gasteiger partial charge in [-0.25, -0.2) is 43.5 Å². The molecule has 0 bridgehead atoms. The zero-order valence-corrected chi connectivity index (χ0v) is 53.8. The molecule has 2 fully saturated rings. The van der Waals surface area contributed by atoms with Crippen molar-refractivity contribution in [3.05, 3.63) is 321 Å². The fourth-order valence-corrected chi connectivity index (χ4v) is 12.9. The van der Waals surface area contributed by atoms with Crippen LogP contribution < -0.4 is 9.60 Å². The van der Waals surface area contributed by atoms with Crippen LogP contribution in [0.2, 0.25) is 0 Å². The quantitative estimate of drug-likeness (QED) is 0.0369. The lowest BCUT2D eigenvalue weighted by molar-refractivity contribution is -0.338. The molecular formula is C76H61N3O17S2. The van der Waals surface area contributed by atoms with Crippen molar-refractivity contribution in [3.8, 4) is 5.69 Å². The Labute approximate surface area is 568 Å². The summed E-state index contributed by atoms with van der Waals surface area (Å²) < 4.78 is 67.6. The molecule has 2 saturated heterocycles. The van der Waals surface area contributed by atoms with Gasteiger partial charge in [-0.05, 0) is 142 Å². The molecule has 1 aromatic heterocycles. The minimum Gasteiger partial charge on any atom is -0.459 e. The maximum Gasteiger partial charge on any atom is 0.338 e. The summed E-state index contributed by atoms with van der Waals surface area (Å²) in [6.45, 7) is 0.437. The van der Waals surface area contributed by atoms with Gasteiger partial charge in [0.15, 0.2) is 43.0 Å². The van der Waals surface area contributed by atoms with Gasteiger partial charge in [-0.15, -0.1) is 0 Å². The van der Waals surface area contributed by atoms with Crippen molar-refractivity contribution in [2.75, 3.05) is 13.2 Å². The predicted octanol–water partition coefficient (Wildman–Crippen LogP) is 11.7. The van der Waals surface area contributed by atoms with E-state index in [0.29, 0.717) is 16.2 Å². The third kappa shape index (κ3) is 16.5. The van der Waals surface area contributed by atoms with Crippen LogP contribution in [-0.2, 0) is 47.4 Å². The maximum absolute atomic E-state index is 15.1. The Morgan fingerprint density at radius 1 is 0.367 bits per heavy atom. The first-order valence-corrected chi connectivity index (χ1v) is 33.2. The molecule has 2 aliphatic rings. The molecule has 494 valence electrons. The minimum absolute atomic E-state index is 0.00707. The standard InChI is InChI=1S/C76H61N3O17S2/c1-48-27-26-44-57(45-48)79-75(77-56-42-24-9-25-43-56)97-98-76(79)78-66-64(94-72(85)54-38-20-7-21-39-54)62(92-70(83)52-34-16-5-17-35-52)61(58(89-66)46-87-67(80)49-28-10-2-11-29-49)96-74-65(95-73(86)55-40-22-8-23-41-55)63(93-71(84)53-36-18-6-19-37-53)60(91-69(82)51-32-14-4-15-33-51)59(90-74)47-88-68(81)50-30-12-3-13-31-50/h2-45,58-66,74H,46-47H2,1H3/b77-75?,78-76-/t58-,59-,60+,61-,62+,63+,64-,65-,66-,74+/m1/s1. The number of carbonyl (C=O) groups excluding carboxylic acids is 7. The van der Waals surface area contributed by atoms with E-state index in [0.717, 1.165) is 5.56 Å². The van der Waals surface area contributed by atoms with E-state index in [9.17, 15) is 28.8 Å². The second kappa shape index (κ2) is 32.0. The molecule has 0 radical (unpaired) electrons. The third-order valence-corrected chi connectivity index (χ3v) is 17.7. The molecular weight excluding hydrogens is 1290 g/mol. The number of benzene rings is 9. The molecule has 98 heavy (non-hydrogen) atoms. The average molecular weight is 1350 g/mol. The van der Waals surface area contributed by atoms with Gasteiger partial charge < -0.3 is 47.4 Å². The zero-order chi connectivity index (χ0) is 67.7. The number of carbonyl (C=O) groups is 7. The van der Waals surface area contributed by atoms with Crippen molar-refractivity contribution >= 4 is 68.2 Å². The van der Waals surface area contributed by atoms with Gasteiger partial charge in [0.05, 0.1) is 50.3 Å². The van der Waals surface area contributed by atoms with E-state index >= 15 is 4.79 Å². The SMILES string of the molecule is Cc1cccc(-n2c(=Nc3ccccc3)ss/c2=N\[C@@H]2O[C@H](COC(=O)c3ccccc3)[C@@H](O[C@@H]3O[C@H](COC(=O)c4ccccc4)[C@H](OC(=O)c4ccccc4)[C@H](OC(=O)c4ccccc4)[C@H]3OC(=O)c3ccccc3)[C@H](OC(=O)c3ccccc3)[C@H]2OC(=O)c2ccccc2)c1. The molecule has 3 heterocycles. The van der Waals surface area contributed by atoms with Gasteiger partial charge in [-0.3, -0.25) is 4.57 Å². The van der Waals surface area contributed by atoms with Crippen LogP contribution in [0.15, 0.2) is 277 Å². The average Bonchev–Trinajstić information content (AvgIpc) is 0.920. The van der Waals surface area contributed by atoms with E-state index in [4.69, 9.17) is 57.4 Å². The van der Waals surface area contributed by atoms with Crippen molar-refractivity contribution < 1.29 is 80.9 Å². The maximum atomic E-state index is 15.1. The van der Waals surface area contributed by atoms with Crippen LogP contribution in [0.3, 0.4) is 0 Å². The third-order valence-electron chi connectivity index (χ3n) is 15.6. The molecule has 20 nitrogen and oxygen atoms in total. The summed E-state index contributed by atoms with van der Waals surface area (Å²) in [4.78, 5) is 114. The molecule has 2 aliphatic heterocycles. The number of hydrogen-bond donors (Lipinski definition) is 0. The first kappa shape index (κ1) is 66.7. The topological polar surface area (TPSA) is 241 Å². The van der Waals surface area contributed by atoms with Crippen LogP contribution >= 0.6 is 20.7 Å². The predicted molar refractivity (Wildman–Crippen MR) is 357 cm³/mol. The van der Waals surface area contributed by atoms with E-state index in [1.165, 1.54) is 106 Å². The van der Waals surface area contributed by atoms with E-state index in [2.05, 4.69) is 0 Å². The van der Waals surface area contributed by atoms with Crippen molar-refractivity contribution in [1.82, 2.24) is 4.57 Å². The molecule has 22 heteroatoms. The number of rotatable bonds is 21. The van der Waals surface area contributed by atoms with Crippen LogP contribution in [0, 0.1) is 6.92 Å². The highest BCUT2D eigenvalue weighted by Gasteiger charge is 2.58. The Morgan fingerprint density at radius 2 is 0.714 bits per heavy atom. The number of aryl methyl sites for hydroxylation is 1. The minimum atomic E-state index is -2.11. The monoisotopic (exact) mass is 1350 g/mol. The van der Waals surface area contributed by atoms with Crippen LogP contribution in [0.25, 0.3) is 5.69 Å². The molecule has 0 N–H and O–H groups in total. The Bertz CT molecular complexity index is 4530. The smallest absolute Gasteiger partial charge is 0.338 e. The summed E-state index contributed by atoms with van der Waals surface area (Å²) in [6.07, 6.45) is -18.6. The Kier molecular flexibility index (Phi) is 21.8. The van der Waals surface area contributed by atoms with Crippen LogP contribution in [0.4, 0.5) is 5.69 Å². The Balaban J connectivity index is 1.06. The normalized spacial score (nSPS) is 20.7. The zero-order valence-electron chi connectivity index (χ0n) is 52.2. The number of hydrogen-bond acceptors (Lipinski definition) is 21. The Hall–Kier alpha value is -11.3. The molecule has 0 spiro atoms. The van der Waals surface area contributed by atoms with E-state index in [-0.39, 0.29) is 43.7 Å². The second-order valence-electron chi connectivity index (χ2n) is 22.3. The second-order valence-corrected chi connectivity index (χ2v) is 24.4. The first-order chi connectivity index (χ1) is 47.9. The lowest BCUT2D eigenvalue weighted by Gasteiger charge is -2.48. The summed E-state index contributed by atoms with van der Waals surface area (Å²) in [7, 11) is 2.47. The van der Waals surface area contributed by atoms with Crippen LogP contribution in [0.1, 0.15) is 78.1 Å². The number of nitrogens with zero attached hydrogens (tertiary/aromatic N) is 3. The van der Waals surface area contributed by atoms with Gasteiger partial charge in [0.2, 0.25) is 9.60 Å². The van der Waals surface area contributed by atoms with Crippen molar-refractivity contribution in [3.63, 3.8) is 0 Å². The van der Waals surface area contributed by atoms with Gasteiger partial charge in [0, 0.05) is 0 Å². The van der Waals surface area contributed by atoms with Gasteiger partial charge in [0.25, 0.3) is 0 Å². The van der Waals surface area contributed by atoms with Crippen LogP contribution in [0.5, 0.6) is 0 Å². The fourth-order valence-electron chi connectivity index (χ4n) is 10.8. The lowest BCUT2D eigenvalue weighted by atomic mass is 9.95. The van der Waals surface area contributed by atoms with Crippen molar-refractivity contribution in [2.24, 2.45) is 9.98 Å². The lowest BCUT2D eigenvalue weighted by Crippen LogP contribution is -2.67. The van der Waals surface area contributed by atoms with Crippen molar-refractivity contribution in [1.29, 1.82) is 0 Å². The molecule has 9 aromatic carbocycles. The number of esters is 7. The van der Waals surface area contributed by atoms with Crippen LogP contribution in [-0.4, -0.2) is 121 Å². The van der Waals surface area contributed by atoms with Gasteiger partial charge in [0.1, 0.15) is 31.5 Å². The molecule has 0 aliphatic carbocycles. The molecule has 0 saturated carbocycles. The first-order valence-electron chi connectivity index (χ1n) is 31.0. The summed E-state index contributed by atoms with van der Waals surface area (Å²) in [6, 6.07) is 72.1. The molecule has 12 rings (SSSR count). The number of ether oxygens (including phenoxy) is 10. The number of para-hydroxylation sites is 1. The highest BCUT2D eigenvalue weighted by atomic mass is 32.9. The highest BCUT2D eigenvalue weighted by Crippen LogP contribution is 2.38. The summed E-state index contributed by atoms with van der Waals surface area (Å²) >= 11 is 0. The van der Waals surface area contributed by atoms with Gasteiger partial charge in [-0.2, -0.15) is 0 Å². The largest absolute Gasteiger partial charge is 0.459 e. The Morgan fingerprint density at radius 3 is 1.13 bits per heavy atom. The van der Waals surface area contributed by atoms with E-state index < -0.39 is 116 Å². The molecule has 0 amide bonds. The molecule has 10 atom stereocenters. The van der Waals surface area contributed by atoms with Gasteiger partial charge in [-0.1, -0.05) is 158 Å². The fraction of sp³-hybridized carbons (Fsp3) is 0.171.